The van der Waals surface area contributed by atoms with Crippen LogP contribution in [-0.4, -0.2) is 26.8 Å². The summed E-state index contributed by atoms with van der Waals surface area (Å²) in [4.78, 5) is 1.41. The molecule has 0 aliphatic carbocycles. The average Bonchev–Trinajstić information content (AvgIpc) is 3.02. The second-order valence-electron chi connectivity index (χ2n) is 5.56. The van der Waals surface area contributed by atoms with Gasteiger partial charge in [0.25, 0.3) is 0 Å². The molecule has 0 amide bonds. The molecule has 0 radical (unpaired) electrons. The van der Waals surface area contributed by atoms with E-state index in [1.807, 2.05) is 35.6 Å². The van der Waals surface area contributed by atoms with Crippen LogP contribution in [-0.2, 0) is 5.41 Å². The first-order valence-electron chi connectivity index (χ1n) is 7.13. The number of ether oxygens (including phenoxy) is 2. The first-order chi connectivity index (χ1) is 10.1. The van der Waals surface area contributed by atoms with Gasteiger partial charge in [-0.15, -0.1) is 11.3 Å². The van der Waals surface area contributed by atoms with Gasteiger partial charge in [0.05, 0.1) is 7.11 Å². The molecule has 0 bridgehead atoms. The van der Waals surface area contributed by atoms with E-state index in [-0.39, 0.29) is 5.41 Å². The molecule has 1 aromatic carbocycles. The number of hydrogen-bond acceptors (Lipinski definition) is 4. The van der Waals surface area contributed by atoms with Crippen molar-refractivity contribution in [2.24, 2.45) is 0 Å². The Bertz CT molecular complexity index is 520. The second kappa shape index (κ2) is 7.48. The molecule has 0 atom stereocenters. The Balaban J connectivity index is 1.68. The van der Waals surface area contributed by atoms with Crippen LogP contribution >= 0.6 is 11.3 Å². The van der Waals surface area contributed by atoms with Crippen LogP contribution in [0.4, 0.5) is 0 Å². The van der Waals surface area contributed by atoms with Crippen LogP contribution in [0.25, 0.3) is 0 Å². The minimum Gasteiger partial charge on any atom is -0.497 e. The van der Waals surface area contributed by atoms with Gasteiger partial charge in [0.1, 0.15) is 18.1 Å². The van der Waals surface area contributed by atoms with Crippen molar-refractivity contribution < 1.29 is 9.47 Å². The molecular weight excluding hydrogens is 282 g/mol. The van der Waals surface area contributed by atoms with Gasteiger partial charge in [-0.1, -0.05) is 19.9 Å². The van der Waals surface area contributed by atoms with E-state index in [1.165, 1.54) is 4.88 Å². The molecule has 1 heterocycles. The maximum absolute atomic E-state index is 5.70. The predicted molar refractivity (Wildman–Crippen MR) is 88.7 cm³/mol. The molecule has 0 saturated heterocycles. The first kappa shape index (κ1) is 15.9. The summed E-state index contributed by atoms with van der Waals surface area (Å²) < 4.78 is 10.8. The topological polar surface area (TPSA) is 30.5 Å². The molecule has 0 saturated carbocycles. The number of thiophene rings is 1. The molecule has 0 aliphatic heterocycles. The Hall–Kier alpha value is -1.52. The van der Waals surface area contributed by atoms with Gasteiger partial charge in [-0.3, -0.25) is 0 Å². The van der Waals surface area contributed by atoms with Gasteiger partial charge in [-0.25, -0.2) is 0 Å². The molecule has 1 N–H and O–H groups in total. The van der Waals surface area contributed by atoms with Crippen molar-refractivity contribution in [2.45, 2.75) is 19.3 Å². The van der Waals surface area contributed by atoms with E-state index in [0.29, 0.717) is 6.61 Å². The van der Waals surface area contributed by atoms with Crippen molar-refractivity contribution >= 4 is 11.3 Å². The van der Waals surface area contributed by atoms with Crippen LogP contribution in [0.15, 0.2) is 41.8 Å². The Labute approximate surface area is 130 Å². The maximum Gasteiger partial charge on any atom is 0.119 e. The zero-order valence-electron chi connectivity index (χ0n) is 12.9. The largest absolute Gasteiger partial charge is 0.497 e. The van der Waals surface area contributed by atoms with E-state index >= 15 is 0 Å². The van der Waals surface area contributed by atoms with E-state index in [0.717, 1.165) is 24.6 Å². The summed E-state index contributed by atoms with van der Waals surface area (Å²) in [6, 6.07) is 12.0. The summed E-state index contributed by atoms with van der Waals surface area (Å²) in [7, 11) is 1.66. The highest BCUT2D eigenvalue weighted by Crippen LogP contribution is 2.26. The average molecular weight is 305 g/mol. The summed E-state index contributed by atoms with van der Waals surface area (Å²) in [5.74, 6) is 1.72. The molecule has 3 nitrogen and oxygen atoms in total. The Kier molecular flexibility index (Phi) is 5.65. The lowest BCUT2D eigenvalue weighted by Crippen LogP contribution is -2.34. The number of methoxy groups -OCH3 is 1. The van der Waals surface area contributed by atoms with Gasteiger partial charge in [0.15, 0.2) is 0 Å². The monoisotopic (exact) mass is 305 g/mol. The minimum absolute atomic E-state index is 0.161. The third kappa shape index (κ3) is 4.76. The summed E-state index contributed by atoms with van der Waals surface area (Å²) >= 11 is 1.81. The Morgan fingerprint density at radius 1 is 1.10 bits per heavy atom. The van der Waals surface area contributed by atoms with Gasteiger partial charge in [0, 0.05) is 23.4 Å². The molecule has 0 unspecified atom stereocenters. The summed E-state index contributed by atoms with van der Waals surface area (Å²) in [6.45, 7) is 6.96. The quantitative estimate of drug-likeness (QED) is 0.754. The zero-order chi connectivity index (χ0) is 15.1. The zero-order valence-corrected chi connectivity index (χ0v) is 13.7. The van der Waals surface area contributed by atoms with Crippen molar-refractivity contribution in [1.82, 2.24) is 5.32 Å². The molecule has 0 fully saturated rings. The minimum atomic E-state index is 0.161. The normalized spacial score (nSPS) is 11.4. The van der Waals surface area contributed by atoms with Crippen LogP contribution in [0.3, 0.4) is 0 Å². The van der Waals surface area contributed by atoms with E-state index in [9.17, 15) is 0 Å². The van der Waals surface area contributed by atoms with Crippen molar-refractivity contribution in [2.75, 3.05) is 26.8 Å². The van der Waals surface area contributed by atoms with Crippen LogP contribution in [0, 0.1) is 0 Å². The third-order valence-electron chi connectivity index (χ3n) is 3.36. The molecular formula is C17H23NO2S. The number of rotatable bonds is 8. The fourth-order valence-corrected chi connectivity index (χ4v) is 2.92. The highest BCUT2D eigenvalue weighted by Gasteiger charge is 2.20. The lowest BCUT2D eigenvalue weighted by atomic mass is 9.91. The summed E-state index contributed by atoms with van der Waals surface area (Å²) in [5, 5.41) is 5.59. The third-order valence-corrected chi connectivity index (χ3v) is 4.60. The number of nitrogens with one attached hydrogen (secondary N) is 1. The molecule has 0 spiro atoms. The van der Waals surface area contributed by atoms with E-state index < -0.39 is 0 Å². The van der Waals surface area contributed by atoms with Crippen LogP contribution < -0.4 is 14.8 Å². The van der Waals surface area contributed by atoms with E-state index in [4.69, 9.17) is 9.47 Å². The molecule has 2 aromatic rings. The fraction of sp³-hybridized carbons (Fsp3) is 0.412. The first-order valence-corrected chi connectivity index (χ1v) is 8.01. The highest BCUT2D eigenvalue weighted by atomic mass is 32.1. The van der Waals surface area contributed by atoms with Crippen molar-refractivity contribution in [1.29, 1.82) is 0 Å². The molecule has 114 valence electrons. The predicted octanol–water partition coefficient (Wildman–Crippen LogP) is 3.70. The van der Waals surface area contributed by atoms with Gasteiger partial charge in [0.2, 0.25) is 0 Å². The van der Waals surface area contributed by atoms with Gasteiger partial charge in [-0.2, -0.15) is 0 Å². The number of hydrogen-bond donors (Lipinski definition) is 1. The molecule has 21 heavy (non-hydrogen) atoms. The Morgan fingerprint density at radius 3 is 2.43 bits per heavy atom. The highest BCUT2D eigenvalue weighted by molar-refractivity contribution is 7.10. The van der Waals surface area contributed by atoms with E-state index in [1.54, 1.807) is 7.11 Å². The standard InChI is InChI=1S/C17H23NO2S/c1-17(2,16-5-4-12-21-16)13-18-10-11-20-15-8-6-14(19-3)7-9-15/h4-9,12,18H,10-11,13H2,1-3H3. The smallest absolute Gasteiger partial charge is 0.119 e. The van der Waals surface area contributed by atoms with Crippen molar-refractivity contribution in [3.63, 3.8) is 0 Å². The summed E-state index contributed by atoms with van der Waals surface area (Å²) in [6.07, 6.45) is 0. The lowest BCUT2D eigenvalue weighted by Gasteiger charge is -2.23. The lowest BCUT2D eigenvalue weighted by molar-refractivity contribution is 0.307. The molecule has 1 aromatic heterocycles. The second-order valence-corrected chi connectivity index (χ2v) is 6.51. The molecule has 2 rings (SSSR count). The van der Waals surface area contributed by atoms with Crippen molar-refractivity contribution in [3.8, 4) is 11.5 Å². The van der Waals surface area contributed by atoms with Gasteiger partial charge < -0.3 is 14.8 Å². The van der Waals surface area contributed by atoms with Crippen LogP contribution in [0.5, 0.6) is 11.5 Å². The SMILES string of the molecule is COc1ccc(OCCNCC(C)(C)c2cccs2)cc1. The van der Waals surface area contributed by atoms with Crippen LogP contribution in [0.1, 0.15) is 18.7 Å². The fourth-order valence-electron chi connectivity index (χ4n) is 2.06. The molecule has 4 heteroatoms. The van der Waals surface area contributed by atoms with Crippen molar-refractivity contribution in [3.05, 3.63) is 46.7 Å². The van der Waals surface area contributed by atoms with Gasteiger partial charge >= 0.3 is 0 Å². The van der Waals surface area contributed by atoms with E-state index in [2.05, 4.69) is 36.7 Å². The maximum atomic E-state index is 5.70. The Morgan fingerprint density at radius 2 is 1.81 bits per heavy atom. The molecule has 0 aliphatic rings. The summed E-state index contributed by atoms with van der Waals surface area (Å²) in [5.41, 5.74) is 0.161. The van der Waals surface area contributed by atoms with Crippen LogP contribution in [0.2, 0.25) is 0 Å². The number of benzene rings is 1. The van der Waals surface area contributed by atoms with Gasteiger partial charge in [-0.05, 0) is 35.7 Å².